The molecule has 5 heteroatoms. The van der Waals surface area contributed by atoms with E-state index in [-0.39, 0.29) is 5.56 Å². The predicted molar refractivity (Wildman–Crippen MR) is 50.5 cm³/mol. The second-order valence-corrected chi connectivity index (χ2v) is 3.24. The number of nitrogens with zero attached hydrogens (tertiary/aromatic N) is 1. The number of benzene rings is 1. The Labute approximate surface area is 82.6 Å². The molecule has 1 aromatic carbocycles. The Morgan fingerprint density at radius 3 is 2.69 bits per heavy atom. The molecule has 0 aliphatic heterocycles. The van der Waals surface area contributed by atoms with E-state index in [2.05, 4.69) is 21.1 Å². The first-order chi connectivity index (χ1) is 6.13. The Balaban J connectivity index is 3.18. The maximum Gasteiger partial charge on any atom is 0.335 e. The fraction of sp³-hybridized carbons (Fsp3) is 0. The first-order valence-electron chi connectivity index (χ1n) is 3.35. The Morgan fingerprint density at radius 1 is 1.46 bits per heavy atom. The summed E-state index contributed by atoms with van der Waals surface area (Å²) < 4.78 is 0.627. The van der Waals surface area contributed by atoms with Crippen molar-refractivity contribution in [2.45, 2.75) is 0 Å². The summed E-state index contributed by atoms with van der Waals surface area (Å²) in [6, 6.07) is 4.52. The molecule has 0 aliphatic rings. The summed E-state index contributed by atoms with van der Waals surface area (Å²) in [7, 11) is 0. The average molecular weight is 244 g/mol. The van der Waals surface area contributed by atoms with Gasteiger partial charge in [-0.25, -0.2) is 4.79 Å². The number of hydrogen-bond acceptors (Lipinski definition) is 3. The molecule has 0 aromatic heterocycles. The van der Waals surface area contributed by atoms with Crippen molar-refractivity contribution >= 4 is 28.1 Å². The van der Waals surface area contributed by atoms with Gasteiger partial charge in [-0.3, -0.25) is 0 Å². The maximum atomic E-state index is 10.6. The zero-order chi connectivity index (χ0) is 9.84. The lowest BCUT2D eigenvalue weighted by Gasteiger charge is -1.97. The summed E-state index contributed by atoms with van der Waals surface area (Å²) in [6.07, 6.45) is 1.16. The van der Waals surface area contributed by atoms with Crippen LogP contribution in [0, 0.1) is 0 Å². The molecule has 1 aromatic rings. The van der Waals surface area contributed by atoms with E-state index in [4.69, 9.17) is 10.3 Å². The molecule has 0 unspecified atom stereocenters. The quantitative estimate of drug-likeness (QED) is 0.474. The highest BCUT2D eigenvalue weighted by Gasteiger charge is 2.04. The topological polar surface area (TPSA) is 69.9 Å². The SMILES string of the molecule is O=C(O)c1cc(Br)cc(/C=N/O)c1. The van der Waals surface area contributed by atoms with E-state index in [1.807, 2.05) is 0 Å². The minimum absolute atomic E-state index is 0.143. The minimum Gasteiger partial charge on any atom is -0.478 e. The number of halogens is 1. The van der Waals surface area contributed by atoms with Crippen molar-refractivity contribution in [2.75, 3.05) is 0 Å². The van der Waals surface area contributed by atoms with Crippen LogP contribution >= 0.6 is 15.9 Å². The zero-order valence-electron chi connectivity index (χ0n) is 6.44. The lowest BCUT2D eigenvalue weighted by molar-refractivity contribution is 0.0697. The minimum atomic E-state index is -1.02. The Morgan fingerprint density at radius 2 is 2.15 bits per heavy atom. The Bertz CT molecular complexity index is 362. The van der Waals surface area contributed by atoms with E-state index in [1.165, 1.54) is 12.1 Å². The Hall–Kier alpha value is -1.36. The fourth-order valence-corrected chi connectivity index (χ4v) is 1.39. The van der Waals surface area contributed by atoms with Crippen molar-refractivity contribution in [1.29, 1.82) is 0 Å². The van der Waals surface area contributed by atoms with Crippen LogP contribution in [0.2, 0.25) is 0 Å². The van der Waals surface area contributed by atoms with Crippen LogP contribution < -0.4 is 0 Å². The van der Waals surface area contributed by atoms with E-state index in [0.29, 0.717) is 10.0 Å². The van der Waals surface area contributed by atoms with Gasteiger partial charge in [-0.2, -0.15) is 0 Å². The second kappa shape index (κ2) is 4.04. The van der Waals surface area contributed by atoms with Gasteiger partial charge in [0.25, 0.3) is 0 Å². The molecule has 68 valence electrons. The summed E-state index contributed by atoms with van der Waals surface area (Å²) in [5.41, 5.74) is 0.665. The molecule has 0 aliphatic carbocycles. The van der Waals surface area contributed by atoms with E-state index < -0.39 is 5.97 Å². The monoisotopic (exact) mass is 243 g/mol. The fourth-order valence-electron chi connectivity index (χ4n) is 0.877. The van der Waals surface area contributed by atoms with Gasteiger partial charge in [0.1, 0.15) is 0 Å². The molecule has 0 fully saturated rings. The normalized spacial score (nSPS) is 10.5. The van der Waals surface area contributed by atoms with Gasteiger partial charge in [0.05, 0.1) is 11.8 Å². The lowest BCUT2D eigenvalue weighted by Crippen LogP contribution is -1.97. The first kappa shape index (κ1) is 9.73. The van der Waals surface area contributed by atoms with Crippen molar-refractivity contribution in [1.82, 2.24) is 0 Å². The van der Waals surface area contributed by atoms with Gasteiger partial charge in [-0.15, -0.1) is 0 Å². The summed E-state index contributed by atoms with van der Waals surface area (Å²) in [4.78, 5) is 10.6. The molecule has 0 saturated carbocycles. The van der Waals surface area contributed by atoms with Crippen LogP contribution in [0.4, 0.5) is 0 Å². The van der Waals surface area contributed by atoms with E-state index >= 15 is 0 Å². The molecule has 0 amide bonds. The van der Waals surface area contributed by atoms with Crippen molar-refractivity contribution in [2.24, 2.45) is 5.16 Å². The molecule has 0 spiro atoms. The number of carbonyl (C=O) groups is 1. The van der Waals surface area contributed by atoms with Crippen LogP contribution in [0.15, 0.2) is 27.8 Å². The van der Waals surface area contributed by atoms with Crippen LogP contribution in [-0.4, -0.2) is 22.5 Å². The van der Waals surface area contributed by atoms with Gasteiger partial charge in [-0.05, 0) is 23.8 Å². The average Bonchev–Trinajstić information content (AvgIpc) is 2.03. The third-order valence-corrected chi connectivity index (χ3v) is 1.83. The van der Waals surface area contributed by atoms with Gasteiger partial charge in [0.2, 0.25) is 0 Å². The highest BCUT2D eigenvalue weighted by Crippen LogP contribution is 2.14. The van der Waals surface area contributed by atoms with Crippen LogP contribution in [0.5, 0.6) is 0 Å². The lowest BCUT2D eigenvalue weighted by atomic mass is 10.1. The molecular formula is C8H6BrNO3. The molecular weight excluding hydrogens is 238 g/mol. The summed E-state index contributed by atoms with van der Waals surface area (Å²) in [5.74, 6) is -1.02. The summed E-state index contributed by atoms with van der Waals surface area (Å²) >= 11 is 3.14. The van der Waals surface area contributed by atoms with E-state index in [1.54, 1.807) is 6.07 Å². The van der Waals surface area contributed by atoms with Gasteiger partial charge in [-0.1, -0.05) is 21.1 Å². The third-order valence-electron chi connectivity index (χ3n) is 1.37. The number of carboxylic acid groups (broad SMARTS) is 1. The summed E-state index contributed by atoms with van der Waals surface area (Å²) in [5, 5.41) is 19.7. The predicted octanol–water partition coefficient (Wildman–Crippen LogP) is 1.96. The van der Waals surface area contributed by atoms with Gasteiger partial charge < -0.3 is 10.3 Å². The highest BCUT2D eigenvalue weighted by molar-refractivity contribution is 9.10. The molecule has 0 radical (unpaired) electrons. The molecule has 0 heterocycles. The van der Waals surface area contributed by atoms with Crippen LogP contribution in [0.1, 0.15) is 15.9 Å². The van der Waals surface area contributed by atoms with Crippen molar-refractivity contribution < 1.29 is 15.1 Å². The van der Waals surface area contributed by atoms with E-state index in [9.17, 15) is 4.79 Å². The van der Waals surface area contributed by atoms with Gasteiger partial charge >= 0.3 is 5.97 Å². The first-order valence-corrected chi connectivity index (χ1v) is 4.14. The molecule has 4 nitrogen and oxygen atoms in total. The number of rotatable bonds is 2. The van der Waals surface area contributed by atoms with Crippen LogP contribution in [-0.2, 0) is 0 Å². The van der Waals surface area contributed by atoms with Crippen molar-refractivity contribution in [3.8, 4) is 0 Å². The molecule has 0 bridgehead atoms. The van der Waals surface area contributed by atoms with Gasteiger partial charge in [0, 0.05) is 4.47 Å². The molecule has 13 heavy (non-hydrogen) atoms. The number of carboxylic acids is 1. The van der Waals surface area contributed by atoms with Crippen LogP contribution in [0.3, 0.4) is 0 Å². The molecule has 0 atom stereocenters. The standard InChI is InChI=1S/C8H6BrNO3/c9-7-2-5(4-10-13)1-6(3-7)8(11)12/h1-4,13H,(H,11,12)/b10-4+. The summed E-state index contributed by atoms with van der Waals surface area (Å²) in [6.45, 7) is 0. The zero-order valence-corrected chi connectivity index (χ0v) is 8.02. The number of oxime groups is 1. The maximum absolute atomic E-state index is 10.6. The highest BCUT2D eigenvalue weighted by atomic mass is 79.9. The van der Waals surface area contributed by atoms with E-state index in [0.717, 1.165) is 6.21 Å². The number of aromatic carboxylic acids is 1. The Kier molecular flexibility index (Phi) is 3.02. The van der Waals surface area contributed by atoms with Gasteiger partial charge in [0.15, 0.2) is 0 Å². The molecule has 1 rings (SSSR count). The van der Waals surface area contributed by atoms with Crippen LogP contribution in [0.25, 0.3) is 0 Å². The number of hydrogen-bond donors (Lipinski definition) is 2. The second-order valence-electron chi connectivity index (χ2n) is 2.32. The molecule has 0 saturated heterocycles. The molecule has 2 N–H and O–H groups in total. The largest absolute Gasteiger partial charge is 0.478 e. The smallest absolute Gasteiger partial charge is 0.335 e. The third kappa shape index (κ3) is 2.55. The van der Waals surface area contributed by atoms with Crippen molar-refractivity contribution in [3.63, 3.8) is 0 Å². The van der Waals surface area contributed by atoms with Crippen molar-refractivity contribution in [3.05, 3.63) is 33.8 Å².